The van der Waals surface area contributed by atoms with Crippen LogP contribution >= 0.6 is 11.6 Å². The number of hydrogen-bond donors (Lipinski definition) is 2. The lowest BCUT2D eigenvalue weighted by Gasteiger charge is -2.21. The molecular weight excluding hydrogens is 520 g/mol. The first kappa shape index (κ1) is 30.0. The minimum Gasteiger partial charge on any atom is -0.449 e. The Labute approximate surface area is 233 Å². The summed E-state index contributed by atoms with van der Waals surface area (Å²) in [5.41, 5.74) is 2.76. The van der Waals surface area contributed by atoms with E-state index in [-0.39, 0.29) is 24.6 Å². The van der Waals surface area contributed by atoms with Crippen molar-refractivity contribution in [1.82, 2.24) is 20.2 Å². The Morgan fingerprint density at radius 2 is 1.85 bits per heavy atom. The molecule has 3 rings (SSSR count). The minimum absolute atomic E-state index is 0.187. The number of hydrogen-bond acceptors (Lipinski definition) is 6. The number of nitrogens with one attached hydrogen (secondary N) is 2. The average molecular weight is 557 g/mol. The summed E-state index contributed by atoms with van der Waals surface area (Å²) in [5.74, 6) is -0.302. The Bertz CT molecular complexity index is 1370. The molecule has 2 amide bonds. The average Bonchev–Trinajstić information content (AvgIpc) is 3.27. The lowest BCUT2D eigenvalue weighted by atomic mass is 9.93. The van der Waals surface area contributed by atoms with Crippen molar-refractivity contribution in [2.24, 2.45) is 0 Å². The zero-order chi connectivity index (χ0) is 28.7. The van der Waals surface area contributed by atoms with Gasteiger partial charge in [-0.1, -0.05) is 24.6 Å². The lowest BCUT2D eigenvalue weighted by Crippen LogP contribution is -2.35. The maximum Gasteiger partial charge on any atom is 0.407 e. The van der Waals surface area contributed by atoms with Crippen molar-refractivity contribution >= 4 is 23.6 Å². The molecule has 2 aromatic heterocycles. The van der Waals surface area contributed by atoms with Crippen LogP contribution in [0.2, 0.25) is 5.02 Å². The highest BCUT2D eigenvalue weighted by Crippen LogP contribution is 2.22. The third-order valence-corrected chi connectivity index (χ3v) is 6.45. The lowest BCUT2D eigenvalue weighted by molar-refractivity contribution is -0.122. The highest BCUT2D eigenvalue weighted by Gasteiger charge is 2.25. The number of pyridine rings is 1. The predicted octanol–water partition coefficient (Wildman–Crippen LogP) is 5.18. The van der Waals surface area contributed by atoms with Gasteiger partial charge in [-0.3, -0.25) is 9.59 Å². The van der Waals surface area contributed by atoms with Crippen molar-refractivity contribution in [3.8, 4) is 0 Å². The fraction of sp³-hybridized carbons (Fsp3) is 0.448. The number of oxazole rings is 1. The number of ether oxygens (including phenoxy) is 1. The van der Waals surface area contributed by atoms with E-state index in [0.717, 1.165) is 22.4 Å². The molecule has 0 fully saturated rings. The van der Waals surface area contributed by atoms with E-state index >= 15 is 0 Å². The van der Waals surface area contributed by atoms with E-state index in [1.54, 1.807) is 62.9 Å². The molecule has 1 unspecified atom stereocenters. The first-order chi connectivity index (χ1) is 18.4. The Balaban J connectivity index is 1.73. The van der Waals surface area contributed by atoms with Crippen molar-refractivity contribution < 1.29 is 18.7 Å². The predicted molar refractivity (Wildman–Crippen MR) is 150 cm³/mol. The summed E-state index contributed by atoms with van der Waals surface area (Å²) in [6.45, 7) is 11.7. The van der Waals surface area contributed by atoms with Gasteiger partial charge in [0.2, 0.25) is 5.91 Å². The van der Waals surface area contributed by atoms with Gasteiger partial charge in [0.1, 0.15) is 11.9 Å². The van der Waals surface area contributed by atoms with Gasteiger partial charge in [0.15, 0.2) is 5.89 Å². The maximum absolute atomic E-state index is 13.4. The molecule has 39 heavy (non-hydrogen) atoms. The number of aromatic nitrogens is 2. The molecule has 3 aromatic rings. The molecule has 1 atom stereocenters. The largest absolute Gasteiger partial charge is 0.449 e. The second kappa shape index (κ2) is 13.0. The molecule has 0 aliphatic heterocycles. The summed E-state index contributed by atoms with van der Waals surface area (Å²) < 4.78 is 12.2. The summed E-state index contributed by atoms with van der Waals surface area (Å²) in [4.78, 5) is 43.2. The Morgan fingerprint density at radius 1 is 1.13 bits per heavy atom. The molecule has 0 bridgehead atoms. The summed E-state index contributed by atoms with van der Waals surface area (Å²) >= 11 is 6.22. The van der Waals surface area contributed by atoms with Crippen LogP contribution < -0.4 is 16.2 Å². The number of halogens is 1. The van der Waals surface area contributed by atoms with E-state index < -0.39 is 17.6 Å². The number of nitrogens with zero attached hydrogens (tertiary/aromatic N) is 2. The third-order valence-electron chi connectivity index (χ3n) is 6.21. The maximum atomic E-state index is 13.4. The van der Waals surface area contributed by atoms with Crippen molar-refractivity contribution in [3.63, 3.8) is 0 Å². The van der Waals surface area contributed by atoms with E-state index in [1.807, 2.05) is 19.9 Å². The van der Waals surface area contributed by atoms with Gasteiger partial charge in [-0.05, 0) is 69.0 Å². The van der Waals surface area contributed by atoms with Crippen LogP contribution in [-0.4, -0.2) is 27.2 Å². The molecule has 0 saturated carbocycles. The molecule has 2 heterocycles. The Morgan fingerprint density at radius 3 is 2.49 bits per heavy atom. The Kier molecular flexibility index (Phi) is 9.97. The van der Waals surface area contributed by atoms with Crippen LogP contribution in [0.25, 0.3) is 0 Å². The zero-order valence-electron chi connectivity index (χ0n) is 23.4. The van der Waals surface area contributed by atoms with Gasteiger partial charge in [-0.2, -0.15) is 0 Å². The van der Waals surface area contributed by atoms with Gasteiger partial charge in [0, 0.05) is 49.8 Å². The first-order valence-electron chi connectivity index (χ1n) is 13.0. The number of carbonyl (C=O) groups excluding carboxylic acids is 2. The summed E-state index contributed by atoms with van der Waals surface area (Å²) in [7, 11) is 0. The molecule has 210 valence electrons. The van der Waals surface area contributed by atoms with Crippen molar-refractivity contribution in [2.45, 2.75) is 85.5 Å². The molecule has 0 saturated heterocycles. The number of carbonyl (C=O) groups is 2. The third kappa shape index (κ3) is 8.45. The number of amides is 2. The number of benzene rings is 1. The Hall–Kier alpha value is -3.59. The molecule has 10 heteroatoms. The van der Waals surface area contributed by atoms with Crippen LogP contribution in [0.4, 0.5) is 4.79 Å². The molecule has 2 N–H and O–H groups in total. The van der Waals surface area contributed by atoms with Gasteiger partial charge in [0.05, 0.1) is 11.6 Å². The second-order valence-electron chi connectivity index (χ2n) is 10.5. The standard InChI is InChI=1S/C29H37ClN4O5/c1-7-24(25-18(2)10-12-34(27(25)36)13-11-23-17-38-19(3)33-23)26(35)31-16-21-14-22(30)9-8-20(21)15-32-28(37)39-29(4,5)6/h8-10,12,14,17,24H,7,11,13,15-16H2,1-6H3,(H,31,35)(H,32,37). The molecule has 0 aliphatic carbocycles. The molecule has 0 spiro atoms. The molecule has 0 radical (unpaired) electrons. The van der Waals surface area contributed by atoms with E-state index in [1.165, 1.54) is 0 Å². The molecule has 1 aromatic carbocycles. The SMILES string of the molecule is CCC(C(=O)NCc1cc(Cl)ccc1CNC(=O)OC(C)(C)C)c1c(C)ccn(CCc2coc(C)n2)c1=O. The van der Waals surface area contributed by atoms with Gasteiger partial charge >= 0.3 is 6.09 Å². The van der Waals surface area contributed by atoms with Gasteiger partial charge in [0.25, 0.3) is 5.56 Å². The van der Waals surface area contributed by atoms with Crippen LogP contribution in [0.15, 0.2) is 45.9 Å². The van der Waals surface area contributed by atoms with Gasteiger partial charge in [-0.15, -0.1) is 0 Å². The van der Waals surface area contributed by atoms with E-state index in [4.69, 9.17) is 20.8 Å². The molecule has 0 aliphatic rings. The topological polar surface area (TPSA) is 115 Å². The fourth-order valence-electron chi connectivity index (χ4n) is 4.28. The van der Waals surface area contributed by atoms with Crippen LogP contribution in [-0.2, 0) is 35.6 Å². The highest BCUT2D eigenvalue weighted by atomic mass is 35.5. The van der Waals surface area contributed by atoms with Gasteiger partial charge in [-0.25, -0.2) is 9.78 Å². The van der Waals surface area contributed by atoms with Gasteiger partial charge < -0.3 is 24.4 Å². The normalized spacial score (nSPS) is 12.2. The quantitative estimate of drug-likeness (QED) is 0.355. The zero-order valence-corrected chi connectivity index (χ0v) is 24.1. The molecule has 9 nitrogen and oxygen atoms in total. The van der Waals surface area contributed by atoms with E-state index in [2.05, 4.69) is 15.6 Å². The van der Waals surface area contributed by atoms with Crippen LogP contribution in [0.1, 0.15) is 73.9 Å². The van der Waals surface area contributed by atoms with E-state index in [9.17, 15) is 14.4 Å². The molecular formula is C29H37ClN4O5. The van der Waals surface area contributed by atoms with Crippen molar-refractivity contribution in [3.05, 3.63) is 85.9 Å². The van der Waals surface area contributed by atoms with Crippen LogP contribution in [0.3, 0.4) is 0 Å². The van der Waals surface area contributed by atoms with Crippen molar-refractivity contribution in [2.75, 3.05) is 0 Å². The van der Waals surface area contributed by atoms with Crippen LogP contribution in [0, 0.1) is 13.8 Å². The number of rotatable bonds is 10. The fourth-order valence-corrected chi connectivity index (χ4v) is 4.47. The second-order valence-corrected chi connectivity index (χ2v) is 10.9. The summed E-state index contributed by atoms with van der Waals surface area (Å²) in [6.07, 6.45) is 3.79. The first-order valence-corrected chi connectivity index (χ1v) is 13.4. The highest BCUT2D eigenvalue weighted by molar-refractivity contribution is 6.30. The summed E-state index contributed by atoms with van der Waals surface area (Å²) in [5, 5.41) is 6.21. The smallest absolute Gasteiger partial charge is 0.407 e. The number of aryl methyl sites for hydroxylation is 4. The van der Waals surface area contributed by atoms with Crippen molar-refractivity contribution in [1.29, 1.82) is 0 Å². The van der Waals surface area contributed by atoms with E-state index in [0.29, 0.717) is 35.9 Å². The van der Waals surface area contributed by atoms with Crippen LogP contribution in [0.5, 0.6) is 0 Å². The minimum atomic E-state index is -0.623. The monoisotopic (exact) mass is 556 g/mol. The summed E-state index contributed by atoms with van der Waals surface area (Å²) in [6, 6.07) is 7.14. The number of alkyl carbamates (subject to hydrolysis) is 1.